The van der Waals surface area contributed by atoms with E-state index < -0.39 is 0 Å². The summed E-state index contributed by atoms with van der Waals surface area (Å²) in [6, 6.07) is 18.5. The molecule has 0 heterocycles. The number of benzene rings is 2. The monoisotopic (exact) mass is 284 g/mol. The van der Waals surface area contributed by atoms with Crippen LogP contribution in [0, 0.1) is 0 Å². The van der Waals surface area contributed by atoms with Gasteiger partial charge in [0.2, 0.25) is 0 Å². The van der Waals surface area contributed by atoms with Crippen LogP contribution in [-0.2, 0) is 6.54 Å². The summed E-state index contributed by atoms with van der Waals surface area (Å²) in [5.74, 6) is 0.905. The van der Waals surface area contributed by atoms with Crippen molar-refractivity contribution in [1.82, 2.24) is 0 Å². The van der Waals surface area contributed by atoms with E-state index in [1.54, 1.807) is 0 Å². The molecular formula is C18H24N2O. The van der Waals surface area contributed by atoms with E-state index in [0.29, 0.717) is 13.2 Å². The Bertz CT molecular complexity index is 528. The van der Waals surface area contributed by atoms with Crippen LogP contribution < -0.4 is 15.4 Å². The van der Waals surface area contributed by atoms with Gasteiger partial charge in [0.25, 0.3) is 0 Å². The summed E-state index contributed by atoms with van der Waals surface area (Å²) < 4.78 is 5.85. The van der Waals surface area contributed by atoms with Gasteiger partial charge >= 0.3 is 0 Å². The molecule has 2 N–H and O–H groups in total. The third-order valence-electron chi connectivity index (χ3n) is 3.53. The van der Waals surface area contributed by atoms with Gasteiger partial charge in [-0.2, -0.15) is 0 Å². The first-order valence-electron chi connectivity index (χ1n) is 7.56. The molecule has 2 aromatic rings. The molecule has 2 rings (SSSR count). The summed E-state index contributed by atoms with van der Waals surface area (Å²) in [4.78, 5) is 2.36. The highest BCUT2D eigenvalue weighted by molar-refractivity contribution is 5.45. The van der Waals surface area contributed by atoms with E-state index in [4.69, 9.17) is 10.5 Å². The average molecular weight is 284 g/mol. The molecule has 21 heavy (non-hydrogen) atoms. The van der Waals surface area contributed by atoms with Crippen molar-refractivity contribution in [3.05, 3.63) is 60.2 Å². The van der Waals surface area contributed by atoms with Crippen LogP contribution in [0.15, 0.2) is 54.6 Å². The maximum Gasteiger partial charge on any atom is 0.123 e. The highest BCUT2D eigenvalue weighted by atomic mass is 16.5. The molecule has 3 nitrogen and oxygen atoms in total. The molecule has 0 radical (unpaired) electrons. The lowest BCUT2D eigenvalue weighted by molar-refractivity contribution is 0.309. The molecule has 0 aliphatic heterocycles. The lowest BCUT2D eigenvalue weighted by Crippen LogP contribution is -2.25. The summed E-state index contributed by atoms with van der Waals surface area (Å²) in [6.07, 6.45) is 0.988. The van der Waals surface area contributed by atoms with E-state index in [1.165, 1.54) is 5.69 Å². The quantitative estimate of drug-likeness (QED) is 0.755. The number of hydrogen-bond donors (Lipinski definition) is 1. The number of anilines is 1. The first-order chi connectivity index (χ1) is 10.3. The molecule has 0 unspecified atom stereocenters. The van der Waals surface area contributed by atoms with Crippen molar-refractivity contribution in [3.8, 4) is 5.75 Å². The topological polar surface area (TPSA) is 38.5 Å². The van der Waals surface area contributed by atoms with Gasteiger partial charge in [-0.05, 0) is 31.5 Å². The fraction of sp³-hybridized carbons (Fsp3) is 0.333. The Balaban J connectivity index is 1.81. The Morgan fingerprint density at radius 3 is 2.43 bits per heavy atom. The summed E-state index contributed by atoms with van der Waals surface area (Å²) in [6.45, 7) is 5.40. The lowest BCUT2D eigenvalue weighted by atomic mass is 10.2. The van der Waals surface area contributed by atoms with E-state index in [9.17, 15) is 0 Å². The maximum absolute atomic E-state index is 5.85. The molecule has 0 saturated carbocycles. The minimum absolute atomic E-state index is 0.515. The Kier molecular flexibility index (Phi) is 6.10. The first kappa shape index (κ1) is 15.4. The third kappa shape index (κ3) is 4.50. The predicted molar refractivity (Wildman–Crippen MR) is 88.8 cm³/mol. The van der Waals surface area contributed by atoms with Gasteiger partial charge in [-0.15, -0.1) is 0 Å². The standard InChI is InChI=1S/C18H24N2O/c1-2-20(17-10-4-3-5-11-17)13-8-14-21-18-12-7-6-9-16(18)15-19/h3-7,9-12H,2,8,13-15,19H2,1H3. The maximum atomic E-state index is 5.85. The number of rotatable bonds is 8. The van der Waals surface area contributed by atoms with Gasteiger partial charge in [-0.25, -0.2) is 0 Å². The van der Waals surface area contributed by atoms with Crippen LogP contribution in [0.1, 0.15) is 18.9 Å². The Labute approximate surface area is 127 Å². The van der Waals surface area contributed by atoms with Gasteiger partial charge in [0.15, 0.2) is 0 Å². The molecule has 0 aromatic heterocycles. The van der Waals surface area contributed by atoms with Gasteiger partial charge in [-0.3, -0.25) is 0 Å². The molecule has 0 spiro atoms. The number of para-hydroxylation sites is 2. The van der Waals surface area contributed by atoms with Crippen LogP contribution >= 0.6 is 0 Å². The Morgan fingerprint density at radius 2 is 1.71 bits per heavy atom. The zero-order valence-corrected chi connectivity index (χ0v) is 12.7. The van der Waals surface area contributed by atoms with Crippen LogP contribution in [0.3, 0.4) is 0 Å². The second kappa shape index (κ2) is 8.32. The molecule has 0 amide bonds. The van der Waals surface area contributed by atoms with Crippen molar-refractivity contribution in [3.63, 3.8) is 0 Å². The smallest absolute Gasteiger partial charge is 0.123 e. The van der Waals surface area contributed by atoms with Crippen LogP contribution in [0.5, 0.6) is 5.75 Å². The van der Waals surface area contributed by atoms with E-state index in [-0.39, 0.29) is 0 Å². The molecule has 0 atom stereocenters. The Morgan fingerprint density at radius 1 is 1.00 bits per heavy atom. The minimum atomic E-state index is 0.515. The molecule has 112 valence electrons. The first-order valence-corrected chi connectivity index (χ1v) is 7.56. The molecular weight excluding hydrogens is 260 g/mol. The summed E-state index contributed by atoms with van der Waals surface area (Å²) in [7, 11) is 0. The minimum Gasteiger partial charge on any atom is -0.493 e. The SMILES string of the molecule is CCN(CCCOc1ccccc1CN)c1ccccc1. The van der Waals surface area contributed by atoms with Gasteiger partial charge < -0.3 is 15.4 Å². The molecule has 0 aliphatic rings. The van der Waals surface area contributed by atoms with E-state index in [1.807, 2.05) is 30.3 Å². The predicted octanol–water partition coefficient (Wildman–Crippen LogP) is 3.44. The fourth-order valence-electron chi connectivity index (χ4n) is 2.36. The third-order valence-corrected chi connectivity index (χ3v) is 3.53. The number of nitrogens with two attached hydrogens (primary N) is 1. The largest absolute Gasteiger partial charge is 0.493 e. The molecule has 0 saturated heterocycles. The second-order valence-electron chi connectivity index (χ2n) is 4.93. The lowest BCUT2D eigenvalue weighted by Gasteiger charge is -2.23. The van der Waals surface area contributed by atoms with Crippen molar-refractivity contribution in [2.24, 2.45) is 5.73 Å². The van der Waals surface area contributed by atoms with Crippen molar-refractivity contribution >= 4 is 5.69 Å². The highest BCUT2D eigenvalue weighted by Gasteiger charge is 2.04. The van der Waals surface area contributed by atoms with Crippen molar-refractivity contribution < 1.29 is 4.74 Å². The van der Waals surface area contributed by atoms with Crippen molar-refractivity contribution in [2.75, 3.05) is 24.6 Å². The summed E-state index contributed by atoms with van der Waals surface area (Å²) in [5, 5.41) is 0. The van der Waals surface area contributed by atoms with Crippen molar-refractivity contribution in [2.45, 2.75) is 19.9 Å². The highest BCUT2D eigenvalue weighted by Crippen LogP contribution is 2.18. The number of hydrogen-bond acceptors (Lipinski definition) is 3. The second-order valence-corrected chi connectivity index (χ2v) is 4.93. The molecule has 2 aromatic carbocycles. The molecule has 0 bridgehead atoms. The van der Waals surface area contributed by atoms with Gasteiger partial charge in [-0.1, -0.05) is 36.4 Å². The average Bonchev–Trinajstić information content (AvgIpc) is 2.56. The number of nitrogens with zero attached hydrogens (tertiary/aromatic N) is 1. The molecule has 3 heteroatoms. The van der Waals surface area contributed by atoms with E-state index >= 15 is 0 Å². The molecule has 0 aliphatic carbocycles. The van der Waals surface area contributed by atoms with Gasteiger partial charge in [0.05, 0.1) is 6.61 Å². The Hall–Kier alpha value is -2.00. The zero-order valence-electron chi connectivity index (χ0n) is 12.7. The van der Waals surface area contributed by atoms with Crippen LogP contribution in [0.4, 0.5) is 5.69 Å². The summed E-state index contributed by atoms with van der Waals surface area (Å²) >= 11 is 0. The summed E-state index contributed by atoms with van der Waals surface area (Å²) in [5.41, 5.74) is 8.04. The normalized spacial score (nSPS) is 10.4. The zero-order chi connectivity index (χ0) is 14.9. The number of ether oxygens (including phenoxy) is 1. The van der Waals surface area contributed by atoms with Crippen LogP contribution in [0.25, 0.3) is 0 Å². The van der Waals surface area contributed by atoms with Crippen LogP contribution in [-0.4, -0.2) is 19.7 Å². The molecule has 0 fully saturated rings. The van der Waals surface area contributed by atoms with E-state index in [2.05, 4.69) is 36.1 Å². The van der Waals surface area contributed by atoms with Crippen LogP contribution in [0.2, 0.25) is 0 Å². The van der Waals surface area contributed by atoms with E-state index in [0.717, 1.165) is 30.8 Å². The fourth-order valence-corrected chi connectivity index (χ4v) is 2.36. The van der Waals surface area contributed by atoms with Crippen molar-refractivity contribution in [1.29, 1.82) is 0 Å². The van der Waals surface area contributed by atoms with Gasteiger partial charge in [0, 0.05) is 30.9 Å². The van der Waals surface area contributed by atoms with Gasteiger partial charge in [0.1, 0.15) is 5.75 Å².